The molecule has 0 fully saturated rings. The van der Waals surface area contributed by atoms with Gasteiger partial charge in [-0.25, -0.2) is 26.3 Å². The SMILES string of the molecule is CCCCCc1cc(F)c(C2=CCc3c(ccc(-c4cc(F)c(F)c(F)c4)c3F)C2)c(F)c1. The van der Waals surface area contributed by atoms with Gasteiger partial charge in [0.05, 0.1) is 0 Å². The van der Waals surface area contributed by atoms with Crippen molar-refractivity contribution in [2.75, 3.05) is 0 Å². The Morgan fingerprint density at radius 1 is 0.758 bits per heavy atom. The molecular formula is C27H22F6. The second-order valence-electron chi connectivity index (χ2n) is 8.32. The van der Waals surface area contributed by atoms with Crippen molar-refractivity contribution in [3.63, 3.8) is 0 Å². The van der Waals surface area contributed by atoms with E-state index in [1.807, 2.05) is 0 Å². The fraction of sp³-hybridized carbons (Fsp3) is 0.259. The van der Waals surface area contributed by atoms with Crippen LogP contribution in [-0.2, 0) is 19.3 Å². The first-order chi connectivity index (χ1) is 15.8. The maximum atomic E-state index is 15.2. The van der Waals surface area contributed by atoms with E-state index in [9.17, 15) is 22.0 Å². The van der Waals surface area contributed by atoms with E-state index >= 15 is 4.39 Å². The fourth-order valence-corrected chi connectivity index (χ4v) is 4.33. The van der Waals surface area contributed by atoms with Gasteiger partial charge in [0.15, 0.2) is 17.5 Å². The van der Waals surface area contributed by atoms with Crippen LogP contribution in [0.3, 0.4) is 0 Å². The Kier molecular flexibility index (Phi) is 6.63. The zero-order chi connectivity index (χ0) is 23.7. The molecule has 1 aliphatic carbocycles. The van der Waals surface area contributed by atoms with E-state index in [1.165, 1.54) is 18.2 Å². The average molecular weight is 460 g/mol. The van der Waals surface area contributed by atoms with Crippen LogP contribution in [0.25, 0.3) is 16.7 Å². The first-order valence-electron chi connectivity index (χ1n) is 10.9. The van der Waals surface area contributed by atoms with Gasteiger partial charge in [-0.1, -0.05) is 38.0 Å². The summed E-state index contributed by atoms with van der Waals surface area (Å²) in [6.07, 6.45) is 5.20. The third-order valence-corrected chi connectivity index (χ3v) is 6.06. The van der Waals surface area contributed by atoms with Gasteiger partial charge in [-0.15, -0.1) is 0 Å². The second kappa shape index (κ2) is 9.46. The summed E-state index contributed by atoms with van der Waals surface area (Å²) in [5.41, 5.74) is 1.51. The Balaban J connectivity index is 1.64. The van der Waals surface area contributed by atoms with E-state index in [4.69, 9.17) is 0 Å². The highest BCUT2D eigenvalue weighted by atomic mass is 19.2. The second-order valence-corrected chi connectivity index (χ2v) is 8.32. The van der Waals surface area contributed by atoms with E-state index in [0.717, 1.165) is 31.4 Å². The van der Waals surface area contributed by atoms with E-state index in [-0.39, 0.29) is 35.1 Å². The van der Waals surface area contributed by atoms with E-state index < -0.39 is 34.9 Å². The molecule has 0 heterocycles. The van der Waals surface area contributed by atoms with Crippen molar-refractivity contribution in [3.8, 4) is 11.1 Å². The van der Waals surface area contributed by atoms with Crippen molar-refractivity contribution < 1.29 is 26.3 Å². The zero-order valence-electron chi connectivity index (χ0n) is 18.1. The molecule has 0 N–H and O–H groups in total. The van der Waals surface area contributed by atoms with Crippen LogP contribution in [0.15, 0.2) is 42.5 Å². The molecule has 0 amide bonds. The van der Waals surface area contributed by atoms with Crippen LogP contribution in [0.4, 0.5) is 26.3 Å². The Morgan fingerprint density at radius 3 is 2.06 bits per heavy atom. The quantitative estimate of drug-likeness (QED) is 0.198. The number of hydrogen-bond acceptors (Lipinski definition) is 0. The molecule has 0 aliphatic heterocycles. The molecule has 0 unspecified atom stereocenters. The Hall–Kier alpha value is -3.02. The Bertz CT molecular complexity index is 1200. The lowest BCUT2D eigenvalue weighted by Crippen LogP contribution is -2.09. The van der Waals surface area contributed by atoms with Crippen LogP contribution >= 0.6 is 0 Å². The highest BCUT2D eigenvalue weighted by Crippen LogP contribution is 2.36. The maximum Gasteiger partial charge on any atom is 0.194 e. The molecule has 1 aliphatic rings. The topological polar surface area (TPSA) is 0 Å². The van der Waals surface area contributed by atoms with Crippen LogP contribution in [0, 0.1) is 34.9 Å². The molecule has 3 aromatic rings. The number of fused-ring (bicyclic) bond motifs is 1. The highest BCUT2D eigenvalue weighted by molar-refractivity contribution is 5.74. The molecular weight excluding hydrogens is 438 g/mol. The summed E-state index contributed by atoms with van der Waals surface area (Å²) >= 11 is 0. The number of allylic oxidation sites excluding steroid dienone is 2. The first-order valence-corrected chi connectivity index (χ1v) is 10.9. The Labute approximate surface area is 188 Å². The molecule has 0 saturated carbocycles. The summed E-state index contributed by atoms with van der Waals surface area (Å²) in [6, 6.07) is 7.08. The van der Waals surface area contributed by atoms with Crippen LogP contribution in [0.1, 0.15) is 48.4 Å². The van der Waals surface area contributed by atoms with Crippen molar-refractivity contribution >= 4 is 5.57 Å². The van der Waals surface area contributed by atoms with E-state index in [1.54, 1.807) is 12.1 Å². The van der Waals surface area contributed by atoms with Gasteiger partial charge in [0.1, 0.15) is 17.5 Å². The minimum absolute atomic E-state index is 0.0631. The van der Waals surface area contributed by atoms with Gasteiger partial charge in [0.2, 0.25) is 0 Å². The molecule has 3 aromatic carbocycles. The smallest absolute Gasteiger partial charge is 0.194 e. The number of rotatable bonds is 6. The largest absolute Gasteiger partial charge is 0.206 e. The van der Waals surface area contributed by atoms with Crippen molar-refractivity contribution in [2.24, 2.45) is 0 Å². The number of hydrogen-bond donors (Lipinski definition) is 0. The number of halogens is 6. The van der Waals surface area contributed by atoms with E-state index in [0.29, 0.717) is 23.1 Å². The Morgan fingerprint density at radius 2 is 1.42 bits per heavy atom. The lowest BCUT2D eigenvalue weighted by molar-refractivity contribution is 0.447. The van der Waals surface area contributed by atoms with Gasteiger partial charge in [-0.3, -0.25) is 0 Å². The molecule has 0 aromatic heterocycles. The van der Waals surface area contributed by atoms with Crippen LogP contribution < -0.4 is 0 Å². The third kappa shape index (κ3) is 4.56. The lowest BCUT2D eigenvalue weighted by atomic mass is 9.85. The molecule has 0 radical (unpaired) electrons. The fourth-order valence-electron chi connectivity index (χ4n) is 4.33. The van der Waals surface area contributed by atoms with Gasteiger partial charge < -0.3 is 0 Å². The maximum absolute atomic E-state index is 15.2. The normalized spacial score (nSPS) is 13.1. The summed E-state index contributed by atoms with van der Waals surface area (Å²) in [5.74, 6) is -6.43. The average Bonchev–Trinajstić information content (AvgIpc) is 2.77. The predicted octanol–water partition coefficient (Wildman–Crippen LogP) is 8.10. The van der Waals surface area contributed by atoms with Crippen LogP contribution in [0.2, 0.25) is 0 Å². The van der Waals surface area contributed by atoms with Gasteiger partial charge >= 0.3 is 0 Å². The van der Waals surface area contributed by atoms with Crippen molar-refractivity contribution in [3.05, 3.63) is 99.6 Å². The summed E-state index contributed by atoms with van der Waals surface area (Å²) in [6.45, 7) is 2.06. The van der Waals surface area contributed by atoms with E-state index in [2.05, 4.69) is 6.92 Å². The first kappa shape index (κ1) is 23.1. The summed E-state index contributed by atoms with van der Waals surface area (Å²) in [4.78, 5) is 0. The van der Waals surface area contributed by atoms with Crippen LogP contribution in [0.5, 0.6) is 0 Å². The number of unbranched alkanes of at least 4 members (excludes halogenated alkanes) is 2. The minimum Gasteiger partial charge on any atom is -0.206 e. The van der Waals surface area contributed by atoms with Crippen molar-refractivity contribution in [2.45, 2.75) is 45.4 Å². The molecule has 4 rings (SSSR count). The molecule has 6 heteroatoms. The summed E-state index contributed by atoms with van der Waals surface area (Å²) in [5, 5.41) is 0. The molecule has 0 bridgehead atoms. The monoisotopic (exact) mass is 460 g/mol. The van der Waals surface area contributed by atoms with Crippen molar-refractivity contribution in [1.82, 2.24) is 0 Å². The number of aryl methyl sites for hydroxylation is 1. The molecule has 0 spiro atoms. The molecule has 0 saturated heterocycles. The summed E-state index contributed by atoms with van der Waals surface area (Å²) < 4.78 is 85.2. The zero-order valence-corrected chi connectivity index (χ0v) is 18.1. The summed E-state index contributed by atoms with van der Waals surface area (Å²) in [7, 11) is 0. The predicted molar refractivity (Wildman–Crippen MR) is 117 cm³/mol. The molecule has 172 valence electrons. The van der Waals surface area contributed by atoms with Gasteiger partial charge in [0, 0.05) is 11.1 Å². The standard InChI is InChI=1S/C27H22F6/c1-2-3-4-5-15-10-21(28)25(22(29)11-15)17-7-9-19-16(12-17)6-8-20(26(19)32)18-13-23(30)27(33)24(31)14-18/h6-8,10-11,13-14H,2-5,9,12H2,1H3. The van der Waals surface area contributed by atoms with Crippen molar-refractivity contribution in [1.29, 1.82) is 0 Å². The highest BCUT2D eigenvalue weighted by Gasteiger charge is 2.23. The van der Waals surface area contributed by atoms with Gasteiger partial charge in [-0.2, -0.15) is 0 Å². The molecule has 0 nitrogen and oxygen atoms in total. The van der Waals surface area contributed by atoms with Gasteiger partial charge in [-0.05, 0) is 77.8 Å². The van der Waals surface area contributed by atoms with Crippen LogP contribution in [-0.4, -0.2) is 0 Å². The molecule has 0 atom stereocenters. The molecule has 33 heavy (non-hydrogen) atoms. The number of benzene rings is 3. The van der Waals surface area contributed by atoms with Gasteiger partial charge in [0.25, 0.3) is 0 Å². The minimum atomic E-state index is -1.62. The lowest BCUT2D eigenvalue weighted by Gasteiger charge is -2.21. The third-order valence-electron chi connectivity index (χ3n) is 6.06.